The van der Waals surface area contributed by atoms with E-state index in [4.69, 9.17) is 4.74 Å². The van der Waals surface area contributed by atoms with E-state index in [1.807, 2.05) is 0 Å². The topological polar surface area (TPSA) is 113 Å². The van der Waals surface area contributed by atoms with Crippen molar-refractivity contribution in [2.24, 2.45) is 11.8 Å². The van der Waals surface area contributed by atoms with Crippen molar-refractivity contribution < 1.29 is 29.0 Å². The molecule has 2 N–H and O–H groups in total. The van der Waals surface area contributed by atoms with Crippen LogP contribution in [0.5, 0.6) is 0 Å². The maximum atomic E-state index is 12.9. The zero-order valence-electron chi connectivity index (χ0n) is 17.4. The summed E-state index contributed by atoms with van der Waals surface area (Å²) in [5.41, 5.74) is 0.581. The molecular weight excluding hydrogens is 396 g/mol. The first-order chi connectivity index (χ1) is 13.5. The number of hydrogen-bond donors (Lipinski definition) is 2. The lowest BCUT2D eigenvalue weighted by Crippen LogP contribution is -2.36. The van der Waals surface area contributed by atoms with Gasteiger partial charge < -0.3 is 20.1 Å². The molecule has 1 aromatic heterocycles. The van der Waals surface area contributed by atoms with Gasteiger partial charge in [-0.1, -0.05) is 12.8 Å². The number of ether oxygens (including phenoxy) is 1. The molecule has 1 fully saturated rings. The van der Waals surface area contributed by atoms with Crippen LogP contribution in [0.2, 0.25) is 0 Å². The van der Waals surface area contributed by atoms with Crippen molar-refractivity contribution in [2.75, 3.05) is 19.4 Å². The van der Waals surface area contributed by atoms with Gasteiger partial charge >= 0.3 is 11.9 Å². The zero-order valence-corrected chi connectivity index (χ0v) is 18.2. The second kappa shape index (κ2) is 9.39. The highest BCUT2D eigenvalue weighted by atomic mass is 32.1. The molecule has 2 rings (SSSR count). The number of thiophene rings is 1. The lowest BCUT2D eigenvalue weighted by atomic mass is 9.79. The third-order valence-corrected chi connectivity index (χ3v) is 6.15. The number of carbonyl (C=O) groups excluding carboxylic acids is 3. The molecule has 2 amide bonds. The Morgan fingerprint density at radius 1 is 1.14 bits per heavy atom. The molecule has 1 saturated carbocycles. The molecule has 0 saturated heterocycles. The van der Waals surface area contributed by atoms with E-state index >= 15 is 0 Å². The van der Waals surface area contributed by atoms with E-state index < -0.39 is 29.7 Å². The van der Waals surface area contributed by atoms with Crippen LogP contribution in [0.3, 0.4) is 0 Å². The van der Waals surface area contributed by atoms with Crippen LogP contribution in [0.4, 0.5) is 5.00 Å². The molecule has 1 aliphatic rings. The number of nitrogens with zero attached hydrogens (tertiary/aromatic N) is 1. The quantitative estimate of drug-likeness (QED) is 0.678. The predicted octanol–water partition coefficient (Wildman–Crippen LogP) is 3.15. The van der Waals surface area contributed by atoms with E-state index in [0.29, 0.717) is 23.3 Å². The van der Waals surface area contributed by atoms with Crippen molar-refractivity contribution in [3.05, 3.63) is 16.0 Å². The van der Waals surface area contributed by atoms with Gasteiger partial charge in [-0.15, -0.1) is 11.3 Å². The van der Waals surface area contributed by atoms with E-state index in [9.17, 15) is 24.3 Å². The Bertz CT molecular complexity index is 814. The minimum atomic E-state index is -0.991. The molecule has 9 heteroatoms. The normalized spacial score (nSPS) is 19.0. The van der Waals surface area contributed by atoms with Gasteiger partial charge in [0.15, 0.2) is 0 Å². The second-order valence-electron chi connectivity index (χ2n) is 7.74. The van der Waals surface area contributed by atoms with Gasteiger partial charge in [0.2, 0.25) is 5.91 Å². The van der Waals surface area contributed by atoms with Crippen LogP contribution in [-0.4, -0.2) is 54.0 Å². The Kier molecular flexibility index (Phi) is 7.40. The molecular formula is C20H28N2O6S. The summed E-state index contributed by atoms with van der Waals surface area (Å²) in [6.45, 7) is 5.06. The van der Waals surface area contributed by atoms with E-state index in [1.165, 1.54) is 4.90 Å². The van der Waals surface area contributed by atoms with Gasteiger partial charge in [0.25, 0.3) is 5.91 Å². The monoisotopic (exact) mass is 424 g/mol. The first kappa shape index (κ1) is 22.9. The van der Waals surface area contributed by atoms with Crippen LogP contribution in [0.15, 0.2) is 0 Å². The molecule has 0 radical (unpaired) electrons. The molecule has 0 unspecified atom stereocenters. The Hall–Kier alpha value is -2.42. The molecule has 160 valence electrons. The number of carbonyl (C=O) groups is 4. The molecule has 0 spiro atoms. The number of carboxylic acids is 1. The lowest BCUT2D eigenvalue weighted by Gasteiger charge is -2.27. The molecule has 1 heterocycles. The van der Waals surface area contributed by atoms with Gasteiger partial charge in [-0.25, -0.2) is 4.79 Å². The maximum absolute atomic E-state index is 12.9. The highest BCUT2D eigenvalue weighted by Gasteiger charge is 2.37. The maximum Gasteiger partial charge on any atom is 0.341 e. The number of carboxylic acid groups (broad SMARTS) is 1. The van der Waals surface area contributed by atoms with Crippen molar-refractivity contribution >= 4 is 40.1 Å². The minimum absolute atomic E-state index is 0.143. The molecule has 0 bridgehead atoms. The molecule has 1 aromatic rings. The second-order valence-corrected chi connectivity index (χ2v) is 8.76. The van der Waals surface area contributed by atoms with Gasteiger partial charge in [-0.2, -0.15) is 0 Å². The third kappa shape index (κ3) is 5.14. The molecule has 1 aliphatic carbocycles. The van der Waals surface area contributed by atoms with Crippen LogP contribution in [0, 0.1) is 18.8 Å². The number of nitrogens with one attached hydrogen (secondary N) is 1. The summed E-state index contributed by atoms with van der Waals surface area (Å²) in [6.07, 6.45) is 2.10. The summed E-state index contributed by atoms with van der Waals surface area (Å²) in [4.78, 5) is 51.3. The van der Waals surface area contributed by atoms with Crippen molar-refractivity contribution in [1.29, 1.82) is 0 Å². The van der Waals surface area contributed by atoms with Crippen LogP contribution >= 0.6 is 11.3 Å². The average molecular weight is 425 g/mol. The standard InChI is InChI=1S/C20H28N2O6S/c1-10(2)28-20(27)14-11(3)15(18(24)22(4)5)29-17(14)21-16(23)12-8-6-7-9-13(12)19(25)26/h10,12-13H,6-9H2,1-5H3,(H,21,23)(H,25,26)/t12-,13+/m1/s1. The largest absolute Gasteiger partial charge is 0.481 e. The van der Waals surface area contributed by atoms with Crippen molar-refractivity contribution in [3.8, 4) is 0 Å². The smallest absolute Gasteiger partial charge is 0.341 e. The van der Waals surface area contributed by atoms with E-state index in [1.54, 1.807) is 34.9 Å². The Morgan fingerprint density at radius 2 is 1.72 bits per heavy atom. The molecule has 29 heavy (non-hydrogen) atoms. The van der Waals surface area contributed by atoms with Gasteiger partial charge in [-0.05, 0) is 39.2 Å². The van der Waals surface area contributed by atoms with Gasteiger partial charge in [0, 0.05) is 14.1 Å². The highest BCUT2D eigenvalue weighted by Crippen LogP contribution is 2.37. The third-order valence-electron chi connectivity index (χ3n) is 4.95. The first-order valence-electron chi connectivity index (χ1n) is 9.64. The molecule has 2 atom stereocenters. The number of hydrogen-bond acceptors (Lipinski definition) is 6. The summed E-state index contributed by atoms with van der Waals surface area (Å²) in [7, 11) is 3.21. The molecule has 0 aromatic carbocycles. The fraction of sp³-hybridized carbons (Fsp3) is 0.600. The van der Waals surface area contributed by atoms with Crippen LogP contribution < -0.4 is 5.32 Å². The average Bonchev–Trinajstić information content (AvgIpc) is 2.96. The van der Waals surface area contributed by atoms with E-state index in [0.717, 1.165) is 24.2 Å². The van der Waals surface area contributed by atoms with Crippen LogP contribution in [-0.2, 0) is 14.3 Å². The fourth-order valence-corrected chi connectivity index (χ4v) is 4.69. The first-order valence-corrected chi connectivity index (χ1v) is 10.5. The molecule has 8 nitrogen and oxygen atoms in total. The number of rotatable bonds is 6. The number of esters is 1. The van der Waals surface area contributed by atoms with E-state index in [2.05, 4.69) is 5.32 Å². The Labute approximate surface area is 174 Å². The summed E-state index contributed by atoms with van der Waals surface area (Å²) in [5, 5.41) is 12.4. The van der Waals surface area contributed by atoms with Crippen molar-refractivity contribution in [1.82, 2.24) is 4.90 Å². The SMILES string of the molecule is Cc1c(C(=O)N(C)C)sc(NC(=O)[C@@H]2CCCC[C@@H]2C(=O)O)c1C(=O)OC(C)C. The lowest BCUT2D eigenvalue weighted by molar-refractivity contribution is -0.147. The summed E-state index contributed by atoms with van der Waals surface area (Å²) in [5.74, 6) is -3.77. The van der Waals surface area contributed by atoms with Gasteiger partial charge in [-0.3, -0.25) is 14.4 Å². The summed E-state index contributed by atoms with van der Waals surface area (Å²) in [6, 6.07) is 0. The summed E-state index contributed by atoms with van der Waals surface area (Å²) < 4.78 is 5.30. The number of aliphatic carboxylic acids is 1. The van der Waals surface area contributed by atoms with Crippen LogP contribution in [0.25, 0.3) is 0 Å². The van der Waals surface area contributed by atoms with Crippen LogP contribution in [0.1, 0.15) is 65.1 Å². The van der Waals surface area contributed by atoms with Gasteiger partial charge in [0.05, 0.1) is 28.4 Å². The number of amides is 2. The minimum Gasteiger partial charge on any atom is -0.481 e. The number of anilines is 1. The zero-order chi connectivity index (χ0) is 21.9. The van der Waals surface area contributed by atoms with Crippen molar-refractivity contribution in [3.63, 3.8) is 0 Å². The Balaban J connectivity index is 2.40. The van der Waals surface area contributed by atoms with Gasteiger partial charge in [0.1, 0.15) is 5.00 Å². The predicted molar refractivity (Wildman–Crippen MR) is 109 cm³/mol. The summed E-state index contributed by atoms with van der Waals surface area (Å²) >= 11 is 1.01. The molecule has 0 aliphatic heterocycles. The Morgan fingerprint density at radius 3 is 2.24 bits per heavy atom. The van der Waals surface area contributed by atoms with E-state index in [-0.39, 0.29) is 22.6 Å². The van der Waals surface area contributed by atoms with Crippen molar-refractivity contribution in [2.45, 2.75) is 52.6 Å². The highest BCUT2D eigenvalue weighted by molar-refractivity contribution is 7.18. The fourth-order valence-electron chi connectivity index (χ4n) is 3.47.